The Morgan fingerprint density at radius 1 is 0.507 bits per heavy atom. The van der Waals surface area contributed by atoms with E-state index >= 15 is 0 Å². The molecule has 2 aliphatic rings. The van der Waals surface area contributed by atoms with Crippen LogP contribution in [0.2, 0.25) is 0 Å². The van der Waals surface area contributed by atoms with E-state index in [1.54, 1.807) is 22.7 Å². The second-order valence-corrected chi connectivity index (χ2v) is 20.2. The maximum Gasteiger partial charge on any atom is 0.254 e. The second-order valence-electron chi connectivity index (χ2n) is 18.3. The average molecular weight is 979 g/mol. The molecular formula is C57H58N10O2S2. The summed E-state index contributed by atoms with van der Waals surface area (Å²) in [5, 5.41) is 27.0. The van der Waals surface area contributed by atoms with E-state index in [1.165, 1.54) is 0 Å². The summed E-state index contributed by atoms with van der Waals surface area (Å²) in [6.07, 6.45) is 6.27. The van der Waals surface area contributed by atoms with Gasteiger partial charge in [-0.05, 0) is 119 Å². The molecule has 0 radical (unpaired) electrons. The minimum atomic E-state index is -0.0587. The number of carbonyl (C=O) groups excluding carboxylic acids is 2. The van der Waals surface area contributed by atoms with Crippen LogP contribution in [0, 0.1) is 0 Å². The molecule has 0 aliphatic carbocycles. The van der Waals surface area contributed by atoms with Crippen molar-refractivity contribution in [2.45, 2.75) is 33.4 Å². The van der Waals surface area contributed by atoms with E-state index in [1.807, 2.05) is 30.3 Å². The number of carbonyl (C=O) groups is 2. The summed E-state index contributed by atoms with van der Waals surface area (Å²) in [4.78, 5) is 30.9. The van der Waals surface area contributed by atoms with Crippen LogP contribution in [0.3, 0.4) is 0 Å². The molecule has 8 heterocycles. The topological polar surface area (TPSA) is 110 Å². The van der Waals surface area contributed by atoms with E-state index in [2.05, 4.69) is 181 Å². The van der Waals surface area contributed by atoms with E-state index in [9.17, 15) is 9.59 Å². The van der Waals surface area contributed by atoms with E-state index in [-0.39, 0.29) is 19.2 Å². The van der Waals surface area contributed by atoms with E-state index < -0.39 is 0 Å². The molecule has 12 nitrogen and oxygen atoms in total. The van der Waals surface area contributed by atoms with Crippen molar-refractivity contribution < 1.29 is 9.59 Å². The number of aryl methyl sites for hydroxylation is 2. The Labute approximate surface area is 421 Å². The van der Waals surface area contributed by atoms with E-state index in [0.717, 1.165) is 132 Å². The van der Waals surface area contributed by atoms with Crippen molar-refractivity contribution in [1.82, 2.24) is 49.1 Å². The summed E-state index contributed by atoms with van der Waals surface area (Å²) < 4.78 is 8.56. The molecule has 0 unspecified atom stereocenters. The third kappa shape index (κ3) is 8.93. The second kappa shape index (κ2) is 20.2. The number of thiophene rings is 2. The lowest BCUT2D eigenvalue weighted by atomic mass is 9.98. The van der Waals surface area contributed by atoms with Gasteiger partial charge in [0.15, 0.2) is 0 Å². The highest BCUT2D eigenvalue weighted by molar-refractivity contribution is 7.12. The number of hydrogen-bond acceptors (Lipinski definition) is 8. The van der Waals surface area contributed by atoms with Gasteiger partial charge in [0, 0.05) is 76.8 Å². The van der Waals surface area contributed by atoms with Crippen LogP contribution in [-0.4, -0.2) is 105 Å². The van der Waals surface area contributed by atoms with Gasteiger partial charge >= 0.3 is 0 Å². The van der Waals surface area contributed by atoms with Crippen molar-refractivity contribution in [3.8, 4) is 10.0 Å². The summed E-state index contributed by atoms with van der Waals surface area (Å²) in [6.45, 7) is 4.60. The Bertz CT molecular complexity index is 3620. The van der Waals surface area contributed by atoms with Crippen molar-refractivity contribution in [3.05, 3.63) is 167 Å². The molecule has 71 heavy (non-hydrogen) atoms. The number of amides is 2. The summed E-state index contributed by atoms with van der Waals surface area (Å²) in [5.74, 6) is -0.100. The van der Waals surface area contributed by atoms with Gasteiger partial charge in [0.2, 0.25) is 0 Å². The minimum absolute atomic E-state index is 0. The van der Waals surface area contributed by atoms with Gasteiger partial charge in [-0.25, -0.2) is 0 Å². The van der Waals surface area contributed by atoms with Crippen LogP contribution in [0.5, 0.6) is 0 Å². The van der Waals surface area contributed by atoms with Crippen LogP contribution in [-0.2, 0) is 22.7 Å². The number of aromatic nitrogens is 6. The molecule has 0 atom stereocenters. The highest BCUT2D eigenvalue weighted by atomic mass is 32.1. The number of nitrogens with one attached hydrogen (secondary N) is 2. The molecule has 2 aliphatic heterocycles. The van der Waals surface area contributed by atoms with Crippen molar-refractivity contribution in [2.24, 2.45) is 0 Å². The van der Waals surface area contributed by atoms with Gasteiger partial charge in [0.1, 0.15) is 5.69 Å². The SMILES string of the molecule is C.CN(C)CCCn1nc(C2=C(c3cn(-c4cccs4)c4ccccc34)C(=O)NC2)c2ccccc21.CN(C)CCCn1nc(C2=C(c3cn(-c4cccs4)c4ccccc34)CNC2=O)c2ccccc21. The zero-order chi connectivity index (χ0) is 47.9. The Morgan fingerprint density at radius 3 is 1.46 bits per heavy atom. The number of benzene rings is 4. The molecule has 0 saturated heterocycles. The van der Waals surface area contributed by atoms with Gasteiger partial charge in [-0.2, -0.15) is 10.2 Å². The molecule has 14 heteroatoms. The normalized spacial score (nSPS) is 13.9. The van der Waals surface area contributed by atoms with Gasteiger partial charge < -0.3 is 29.6 Å². The molecule has 12 rings (SSSR count). The maximum absolute atomic E-state index is 13.3. The third-order valence-corrected chi connectivity index (χ3v) is 14.9. The molecule has 0 saturated carbocycles. The van der Waals surface area contributed by atoms with Crippen molar-refractivity contribution in [1.29, 1.82) is 0 Å². The van der Waals surface area contributed by atoms with Crippen molar-refractivity contribution in [2.75, 3.05) is 54.4 Å². The lowest BCUT2D eigenvalue weighted by molar-refractivity contribution is -0.115. The highest BCUT2D eigenvalue weighted by Gasteiger charge is 2.32. The lowest BCUT2D eigenvalue weighted by Gasteiger charge is -2.09. The minimum Gasteiger partial charge on any atom is -0.348 e. The largest absolute Gasteiger partial charge is 0.348 e. The lowest BCUT2D eigenvalue weighted by Crippen LogP contribution is -2.17. The van der Waals surface area contributed by atoms with E-state index in [0.29, 0.717) is 18.7 Å². The molecule has 0 bridgehead atoms. The fourth-order valence-electron chi connectivity index (χ4n) is 9.99. The van der Waals surface area contributed by atoms with Crippen LogP contribution < -0.4 is 10.6 Å². The van der Waals surface area contributed by atoms with Crippen LogP contribution in [0.1, 0.15) is 42.8 Å². The Balaban J connectivity index is 0.000000162. The summed E-state index contributed by atoms with van der Waals surface area (Å²) in [6, 6.07) is 41.6. The standard InChI is InChI=1S/2C28H27N5OS.CH4/c1-31(2)14-8-15-33-24-12-6-4-10-20(24)27(30-33)21-17-29-28(34)26(21)22-18-32(25-13-7-16-35-25)23-11-5-3-9-19(22)23;1-31(2)14-8-15-33-24-12-6-4-10-20(24)27(30-33)26-21(17-29-28(26)34)22-18-32(25-13-7-16-35-25)23-11-5-3-9-19(22)23;/h2*3-7,9-13,16,18H,8,14-15,17H2,1-2H3,(H,29,34);1H4. The monoisotopic (exact) mass is 978 g/mol. The molecule has 2 N–H and O–H groups in total. The van der Waals surface area contributed by atoms with Crippen molar-refractivity contribution in [3.63, 3.8) is 0 Å². The van der Waals surface area contributed by atoms with Gasteiger partial charge in [0.25, 0.3) is 11.8 Å². The van der Waals surface area contributed by atoms with Gasteiger partial charge in [0.05, 0.1) is 48.9 Å². The molecule has 0 fully saturated rings. The van der Waals surface area contributed by atoms with Gasteiger partial charge in [-0.3, -0.25) is 19.0 Å². The Morgan fingerprint density at radius 2 is 0.944 bits per heavy atom. The predicted octanol–water partition coefficient (Wildman–Crippen LogP) is 10.7. The first-order valence-electron chi connectivity index (χ1n) is 23.8. The Hall–Kier alpha value is -7.36. The zero-order valence-corrected chi connectivity index (χ0v) is 41.4. The fourth-order valence-corrected chi connectivity index (χ4v) is 11.4. The molecule has 4 aromatic carbocycles. The molecule has 10 aromatic rings. The first kappa shape index (κ1) is 47.3. The number of para-hydroxylation sites is 4. The predicted molar refractivity (Wildman–Crippen MR) is 294 cm³/mol. The zero-order valence-electron chi connectivity index (χ0n) is 39.7. The third-order valence-electron chi connectivity index (χ3n) is 13.2. The number of fused-ring (bicyclic) bond motifs is 4. The molecule has 0 spiro atoms. The summed E-state index contributed by atoms with van der Waals surface area (Å²) >= 11 is 3.39. The van der Waals surface area contributed by atoms with Crippen LogP contribution in [0.4, 0.5) is 0 Å². The molecule has 360 valence electrons. The fraction of sp³-hybridized carbons (Fsp3) is 0.228. The molecule has 6 aromatic heterocycles. The van der Waals surface area contributed by atoms with Gasteiger partial charge in [-0.1, -0.05) is 80.2 Å². The quantitative estimate of drug-likeness (QED) is 0.112. The number of rotatable bonds is 14. The number of nitrogens with zero attached hydrogens (tertiary/aromatic N) is 8. The van der Waals surface area contributed by atoms with Crippen molar-refractivity contribution >= 4 is 100 Å². The smallest absolute Gasteiger partial charge is 0.254 e. The maximum atomic E-state index is 13.3. The van der Waals surface area contributed by atoms with E-state index in [4.69, 9.17) is 10.2 Å². The van der Waals surface area contributed by atoms with Gasteiger partial charge in [-0.15, -0.1) is 22.7 Å². The number of hydrogen-bond donors (Lipinski definition) is 2. The molecule has 2 amide bonds. The Kier molecular flexibility index (Phi) is 13.4. The van der Waals surface area contributed by atoms with Crippen LogP contribution in [0.25, 0.3) is 75.9 Å². The highest BCUT2D eigenvalue weighted by Crippen LogP contribution is 2.40. The summed E-state index contributed by atoms with van der Waals surface area (Å²) in [5.41, 5.74) is 11.5. The first-order chi connectivity index (χ1) is 34.2. The molecular weight excluding hydrogens is 921 g/mol. The van der Waals surface area contributed by atoms with Crippen LogP contribution >= 0.6 is 22.7 Å². The summed E-state index contributed by atoms with van der Waals surface area (Å²) in [7, 11) is 8.34. The first-order valence-corrected chi connectivity index (χ1v) is 25.5. The van der Waals surface area contributed by atoms with Crippen LogP contribution in [0.15, 0.2) is 144 Å². The average Bonchev–Trinajstić information content (AvgIpc) is 4.24.